The van der Waals surface area contributed by atoms with Gasteiger partial charge in [0.2, 0.25) is 5.76 Å². The molecule has 3 aromatic rings. The fraction of sp³-hybridized carbons (Fsp3) is 0.312. The van der Waals surface area contributed by atoms with Crippen molar-refractivity contribution in [2.24, 2.45) is 0 Å². The minimum absolute atomic E-state index is 0.197. The molecule has 1 heterocycles. The van der Waals surface area contributed by atoms with Gasteiger partial charge in [-0.2, -0.15) is 0 Å². The lowest BCUT2D eigenvalue weighted by molar-refractivity contribution is -0.137. The predicted molar refractivity (Wildman–Crippen MR) is 154 cm³/mol. The molecule has 0 aromatic heterocycles. The van der Waals surface area contributed by atoms with E-state index in [1.54, 1.807) is 24.3 Å². The molecule has 0 atom stereocenters. The number of hydrogen-bond acceptors (Lipinski definition) is 6. The van der Waals surface area contributed by atoms with Gasteiger partial charge < -0.3 is 25.0 Å². The summed E-state index contributed by atoms with van der Waals surface area (Å²) in [5, 5.41) is 23.9. The normalized spacial score (nSPS) is 14.3. The zero-order valence-electron chi connectivity index (χ0n) is 23.2. The Hall–Kier alpha value is -4.12. The molecule has 4 rings (SSSR count). The van der Waals surface area contributed by atoms with Crippen molar-refractivity contribution in [2.75, 3.05) is 45.9 Å². The first kappa shape index (κ1) is 32.4. The molecular formula is C32H36F2N2O6. The van der Waals surface area contributed by atoms with E-state index in [4.69, 9.17) is 20.1 Å². The number of piperazine rings is 1. The molecule has 0 saturated carbocycles. The van der Waals surface area contributed by atoms with Gasteiger partial charge in [-0.25, -0.2) is 18.4 Å². The fourth-order valence-corrected chi connectivity index (χ4v) is 4.53. The highest BCUT2D eigenvalue weighted by Crippen LogP contribution is 2.26. The SMILES string of the molecule is Fc1ccc(C(OCCN2CCN(CCCc3ccccc3)CC2)c2ccc(F)cc2)cc1.O=C(O)/C=C(\O)C(=O)O. The smallest absolute Gasteiger partial charge is 0.371 e. The quantitative estimate of drug-likeness (QED) is 0.204. The molecule has 1 aliphatic rings. The summed E-state index contributed by atoms with van der Waals surface area (Å²) in [7, 11) is 0. The number of aliphatic hydroxyl groups is 1. The van der Waals surface area contributed by atoms with E-state index in [1.165, 1.54) is 36.2 Å². The van der Waals surface area contributed by atoms with Crippen molar-refractivity contribution in [3.05, 3.63) is 119 Å². The number of halogens is 2. The van der Waals surface area contributed by atoms with Gasteiger partial charge in [0.05, 0.1) is 12.7 Å². The van der Waals surface area contributed by atoms with E-state index in [0.29, 0.717) is 6.61 Å². The lowest BCUT2D eigenvalue weighted by Gasteiger charge is -2.35. The molecule has 1 fully saturated rings. The van der Waals surface area contributed by atoms with Crippen LogP contribution in [0.3, 0.4) is 0 Å². The summed E-state index contributed by atoms with van der Waals surface area (Å²) in [5.74, 6) is -4.88. The second kappa shape index (κ2) is 17.0. The summed E-state index contributed by atoms with van der Waals surface area (Å²) in [6.07, 6.45) is 2.17. The van der Waals surface area contributed by atoms with Gasteiger partial charge in [0.15, 0.2) is 0 Å². The molecule has 0 amide bonds. The number of aliphatic hydroxyl groups excluding tert-OH is 1. The van der Waals surface area contributed by atoms with Crippen LogP contribution in [-0.2, 0) is 20.7 Å². The summed E-state index contributed by atoms with van der Waals surface area (Å²) >= 11 is 0. The summed E-state index contributed by atoms with van der Waals surface area (Å²) < 4.78 is 33.0. The third-order valence-corrected chi connectivity index (χ3v) is 6.76. The first-order chi connectivity index (χ1) is 20.2. The summed E-state index contributed by atoms with van der Waals surface area (Å²) in [6.45, 7) is 6.77. The molecule has 3 aromatic carbocycles. The molecule has 1 saturated heterocycles. The standard InChI is InChI=1S/C28H32F2N2O.C4H4O5/c29-26-12-8-24(9-13-26)28(25-10-14-27(30)15-11-25)33-22-21-32-19-17-31(18-20-32)16-4-7-23-5-2-1-3-6-23;5-2(4(8)9)1-3(6)7/h1-3,5-6,8-15,28H,4,7,16-22H2;1,5H,(H,6,7)(H,8,9)/b;2-1-. The van der Waals surface area contributed by atoms with E-state index < -0.39 is 17.7 Å². The average Bonchev–Trinajstić information content (AvgIpc) is 2.98. The number of benzene rings is 3. The summed E-state index contributed by atoms with van der Waals surface area (Å²) in [5.41, 5.74) is 3.14. The maximum atomic E-state index is 13.4. The van der Waals surface area contributed by atoms with Crippen molar-refractivity contribution >= 4 is 11.9 Å². The van der Waals surface area contributed by atoms with Gasteiger partial charge in [0, 0.05) is 32.7 Å². The number of aliphatic carboxylic acids is 2. The van der Waals surface area contributed by atoms with Crippen LogP contribution < -0.4 is 0 Å². The third-order valence-electron chi connectivity index (χ3n) is 6.76. The summed E-state index contributed by atoms with van der Waals surface area (Å²) in [6, 6.07) is 23.3. The van der Waals surface area contributed by atoms with Crippen LogP contribution in [0.15, 0.2) is 90.7 Å². The highest BCUT2D eigenvalue weighted by atomic mass is 19.1. The Kier molecular flexibility index (Phi) is 13.1. The van der Waals surface area contributed by atoms with Crippen LogP contribution in [0.1, 0.15) is 29.2 Å². The van der Waals surface area contributed by atoms with Gasteiger partial charge in [0.25, 0.3) is 0 Å². The number of hydrogen-bond donors (Lipinski definition) is 3. The second-order valence-corrected chi connectivity index (χ2v) is 9.80. The molecular weight excluding hydrogens is 546 g/mol. The zero-order chi connectivity index (χ0) is 30.3. The molecule has 0 bridgehead atoms. The van der Waals surface area contributed by atoms with Gasteiger partial charge in [0.1, 0.15) is 17.7 Å². The van der Waals surface area contributed by atoms with E-state index in [9.17, 15) is 18.4 Å². The van der Waals surface area contributed by atoms with Crippen LogP contribution >= 0.6 is 0 Å². The second-order valence-electron chi connectivity index (χ2n) is 9.80. The number of rotatable bonds is 12. The van der Waals surface area contributed by atoms with Crippen molar-refractivity contribution in [1.82, 2.24) is 9.80 Å². The van der Waals surface area contributed by atoms with Crippen LogP contribution in [0.25, 0.3) is 0 Å². The molecule has 42 heavy (non-hydrogen) atoms. The average molecular weight is 583 g/mol. The number of ether oxygens (including phenoxy) is 1. The zero-order valence-corrected chi connectivity index (χ0v) is 23.2. The number of nitrogens with zero attached hydrogens (tertiary/aromatic N) is 2. The Labute approximate surface area is 244 Å². The predicted octanol–water partition coefficient (Wildman–Crippen LogP) is 4.92. The Bertz CT molecular complexity index is 1230. The van der Waals surface area contributed by atoms with E-state index in [1.807, 2.05) is 0 Å². The molecule has 3 N–H and O–H groups in total. The molecule has 1 aliphatic heterocycles. The minimum atomic E-state index is -1.66. The topological polar surface area (TPSA) is 111 Å². The Morgan fingerprint density at radius 3 is 1.71 bits per heavy atom. The van der Waals surface area contributed by atoms with E-state index >= 15 is 0 Å². The molecule has 0 aliphatic carbocycles. The van der Waals surface area contributed by atoms with Gasteiger partial charge in [-0.15, -0.1) is 0 Å². The van der Waals surface area contributed by atoms with Gasteiger partial charge in [-0.3, -0.25) is 4.90 Å². The lowest BCUT2D eigenvalue weighted by atomic mass is 10.0. The highest BCUT2D eigenvalue weighted by molar-refractivity contribution is 5.92. The number of aryl methyl sites for hydroxylation is 1. The Balaban J connectivity index is 0.000000467. The number of carbonyl (C=O) groups is 2. The van der Waals surface area contributed by atoms with Gasteiger partial charge >= 0.3 is 11.9 Å². The lowest BCUT2D eigenvalue weighted by Crippen LogP contribution is -2.47. The van der Waals surface area contributed by atoms with Crippen LogP contribution in [-0.4, -0.2) is 82.9 Å². The van der Waals surface area contributed by atoms with Crippen molar-refractivity contribution in [1.29, 1.82) is 0 Å². The minimum Gasteiger partial charge on any atom is -0.502 e. The van der Waals surface area contributed by atoms with E-state index in [-0.39, 0.29) is 23.8 Å². The van der Waals surface area contributed by atoms with Crippen molar-refractivity contribution in [3.8, 4) is 0 Å². The van der Waals surface area contributed by atoms with Crippen LogP contribution in [0.2, 0.25) is 0 Å². The number of carboxylic acid groups (broad SMARTS) is 2. The molecule has 8 nitrogen and oxygen atoms in total. The largest absolute Gasteiger partial charge is 0.502 e. The molecule has 0 spiro atoms. The van der Waals surface area contributed by atoms with Crippen molar-refractivity contribution in [3.63, 3.8) is 0 Å². The molecule has 0 radical (unpaired) electrons. The van der Waals surface area contributed by atoms with Crippen LogP contribution in [0.5, 0.6) is 0 Å². The monoisotopic (exact) mass is 582 g/mol. The van der Waals surface area contributed by atoms with Crippen molar-refractivity contribution in [2.45, 2.75) is 18.9 Å². The van der Waals surface area contributed by atoms with Crippen LogP contribution in [0, 0.1) is 11.6 Å². The first-order valence-corrected chi connectivity index (χ1v) is 13.7. The highest BCUT2D eigenvalue weighted by Gasteiger charge is 2.19. The maximum Gasteiger partial charge on any atom is 0.371 e. The molecule has 10 heteroatoms. The van der Waals surface area contributed by atoms with Crippen molar-refractivity contribution < 1.29 is 38.4 Å². The fourth-order valence-electron chi connectivity index (χ4n) is 4.53. The Morgan fingerprint density at radius 1 is 0.762 bits per heavy atom. The summed E-state index contributed by atoms with van der Waals surface area (Å²) in [4.78, 5) is 24.2. The van der Waals surface area contributed by atoms with Gasteiger partial charge in [-0.1, -0.05) is 54.6 Å². The molecule has 0 unspecified atom stereocenters. The maximum absolute atomic E-state index is 13.4. The first-order valence-electron chi connectivity index (χ1n) is 13.7. The van der Waals surface area contributed by atoms with Gasteiger partial charge in [-0.05, 0) is 60.3 Å². The molecule has 224 valence electrons. The van der Waals surface area contributed by atoms with E-state index in [2.05, 4.69) is 40.1 Å². The van der Waals surface area contributed by atoms with E-state index in [0.717, 1.165) is 56.8 Å². The third kappa shape index (κ3) is 11.4. The number of carboxylic acids is 2. The van der Waals surface area contributed by atoms with Crippen LogP contribution in [0.4, 0.5) is 8.78 Å². The Morgan fingerprint density at radius 2 is 1.26 bits per heavy atom.